The Kier molecular flexibility index (Phi) is 3.29. The first-order valence-electron chi connectivity index (χ1n) is 8.96. The zero-order chi connectivity index (χ0) is 16.2. The van der Waals surface area contributed by atoms with Gasteiger partial charge in [-0.15, -0.1) is 12.3 Å². The van der Waals surface area contributed by atoms with Crippen LogP contribution in [-0.2, 0) is 6.42 Å². The summed E-state index contributed by atoms with van der Waals surface area (Å²) in [6.07, 6.45) is 12.4. The number of fused-ring (bicyclic) bond motifs is 5. The molecule has 0 bridgehead atoms. The first-order valence-corrected chi connectivity index (χ1v) is 8.96. The van der Waals surface area contributed by atoms with Crippen LogP contribution in [0.5, 0.6) is 5.75 Å². The first kappa shape index (κ1) is 15.1. The Morgan fingerprint density at radius 3 is 2.87 bits per heavy atom. The molecular formula is C21H26O2. The molecule has 2 nitrogen and oxygen atoms in total. The van der Waals surface area contributed by atoms with Crippen molar-refractivity contribution < 1.29 is 10.2 Å². The topological polar surface area (TPSA) is 40.5 Å². The number of terminal acetylenes is 1. The number of phenols is 1. The molecule has 2 saturated carbocycles. The van der Waals surface area contributed by atoms with Crippen LogP contribution < -0.4 is 0 Å². The minimum atomic E-state index is -0.674. The molecule has 0 heterocycles. The Bertz CT molecular complexity index is 673. The zero-order valence-corrected chi connectivity index (χ0v) is 13.9. The molecule has 0 amide bonds. The van der Waals surface area contributed by atoms with Crippen molar-refractivity contribution in [2.24, 2.45) is 17.3 Å². The van der Waals surface area contributed by atoms with Gasteiger partial charge in [-0.1, -0.05) is 13.0 Å². The van der Waals surface area contributed by atoms with Crippen LogP contribution in [0.2, 0.25) is 0 Å². The van der Waals surface area contributed by atoms with Crippen molar-refractivity contribution in [2.75, 3.05) is 0 Å². The molecule has 1 aromatic rings. The lowest BCUT2D eigenvalue weighted by molar-refractivity contribution is -0.0990. The number of aryl methyl sites for hydroxylation is 1. The summed E-state index contributed by atoms with van der Waals surface area (Å²) in [5.74, 6) is 4.92. The molecule has 1 unspecified atom stereocenters. The summed E-state index contributed by atoms with van der Waals surface area (Å²) in [6, 6.07) is 5.91. The van der Waals surface area contributed by atoms with E-state index >= 15 is 0 Å². The van der Waals surface area contributed by atoms with Crippen molar-refractivity contribution in [2.45, 2.75) is 63.4 Å². The van der Waals surface area contributed by atoms with Crippen LogP contribution >= 0.6 is 0 Å². The van der Waals surface area contributed by atoms with E-state index in [2.05, 4.69) is 18.9 Å². The van der Waals surface area contributed by atoms with E-state index in [0.29, 0.717) is 29.9 Å². The largest absolute Gasteiger partial charge is 0.508 e. The molecule has 23 heavy (non-hydrogen) atoms. The van der Waals surface area contributed by atoms with Crippen LogP contribution in [0.4, 0.5) is 0 Å². The van der Waals surface area contributed by atoms with Crippen molar-refractivity contribution >= 4 is 0 Å². The number of rotatable bonds is 1. The van der Waals surface area contributed by atoms with Crippen molar-refractivity contribution in [1.82, 2.24) is 0 Å². The summed E-state index contributed by atoms with van der Waals surface area (Å²) < 4.78 is 0. The third-order valence-corrected chi connectivity index (χ3v) is 7.43. The van der Waals surface area contributed by atoms with Gasteiger partial charge in [-0.05, 0) is 79.5 Å². The number of phenolic OH excluding ortho intramolecular Hbond substituents is 1. The molecule has 122 valence electrons. The van der Waals surface area contributed by atoms with Gasteiger partial charge in [0.2, 0.25) is 0 Å². The molecular weight excluding hydrogens is 284 g/mol. The van der Waals surface area contributed by atoms with E-state index in [0.717, 1.165) is 32.1 Å². The number of hydrogen-bond donors (Lipinski definition) is 2. The van der Waals surface area contributed by atoms with Crippen LogP contribution in [0, 0.1) is 29.6 Å². The second kappa shape index (κ2) is 5.02. The van der Waals surface area contributed by atoms with E-state index < -0.39 is 5.60 Å². The molecule has 0 aromatic heterocycles. The Balaban J connectivity index is 1.69. The molecule has 3 aliphatic rings. The number of aliphatic hydroxyl groups is 1. The molecule has 2 N–H and O–H groups in total. The quantitative estimate of drug-likeness (QED) is 0.770. The zero-order valence-electron chi connectivity index (χ0n) is 13.9. The summed E-state index contributed by atoms with van der Waals surface area (Å²) in [6.45, 7) is 2.28. The van der Waals surface area contributed by atoms with Gasteiger partial charge < -0.3 is 10.2 Å². The summed E-state index contributed by atoms with van der Waals surface area (Å²) in [5.41, 5.74) is 2.06. The molecule has 2 heteroatoms. The van der Waals surface area contributed by atoms with Gasteiger partial charge in [0, 0.05) is 11.8 Å². The summed E-state index contributed by atoms with van der Waals surface area (Å²) in [5, 5.41) is 20.9. The van der Waals surface area contributed by atoms with E-state index in [1.807, 2.05) is 12.1 Å². The predicted molar refractivity (Wildman–Crippen MR) is 91.1 cm³/mol. The average molecular weight is 310 g/mol. The maximum atomic E-state index is 11.2. The lowest BCUT2D eigenvalue weighted by Gasteiger charge is -2.53. The third kappa shape index (κ3) is 1.99. The summed E-state index contributed by atoms with van der Waals surface area (Å²) in [7, 11) is 0. The molecule has 3 aliphatic carbocycles. The Morgan fingerprint density at radius 1 is 1.26 bits per heavy atom. The lowest BCUT2D eigenvalue weighted by atomic mass is 9.53. The second-order valence-electron chi connectivity index (χ2n) is 8.21. The maximum absolute atomic E-state index is 11.2. The Morgan fingerprint density at radius 2 is 2.09 bits per heavy atom. The molecule has 4 rings (SSSR count). The van der Waals surface area contributed by atoms with Gasteiger partial charge in [0.15, 0.2) is 0 Å². The van der Waals surface area contributed by atoms with Gasteiger partial charge in [0.1, 0.15) is 5.75 Å². The summed E-state index contributed by atoms with van der Waals surface area (Å²) in [4.78, 5) is 0. The molecule has 0 aliphatic heterocycles. The van der Waals surface area contributed by atoms with Crippen molar-refractivity contribution in [3.8, 4) is 18.1 Å². The van der Waals surface area contributed by atoms with Gasteiger partial charge in [-0.3, -0.25) is 0 Å². The standard InChI is InChI=1S/C21H26O2/c1-3-10-21(23)12-9-19-18-6-4-14-13-15(22)5-7-16(14)17(18)8-11-20(19,21)2/h1,5,7,13,17-19,22-23H,4,6,8-12H2,2H3/t17-,18+,19+,20-,21?/m0/s1. The minimum absolute atomic E-state index is 0.0328. The maximum Gasteiger partial charge on any atom is 0.115 e. The fourth-order valence-corrected chi connectivity index (χ4v) is 6.14. The van der Waals surface area contributed by atoms with Crippen LogP contribution in [0.1, 0.15) is 62.5 Å². The van der Waals surface area contributed by atoms with E-state index in [-0.39, 0.29) is 5.41 Å². The third-order valence-electron chi connectivity index (χ3n) is 7.43. The van der Waals surface area contributed by atoms with E-state index in [1.165, 1.54) is 17.5 Å². The van der Waals surface area contributed by atoms with Crippen LogP contribution in [0.15, 0.2) is 18.2 Å². The molecule has 0 spiro atoms. The van der Waals surface area contributed by atoms with Crippen LogP contribution in [0.3, 0.4) is 0 Å². The molecule has 0 radical (unpaired) electrons. The highest BCUT2D eigenvalue weighted by molar-refractivity contribution is 5.40. The minimum Gasteiger partial charge on any atom is -0.508 e. The summed E-state index contributed by atoms with van der Waals surface area (Å²) >= 11 is 0. The highest BCUT2D eigenvalue weighted by Gasteiger charge is 2.61. The van der Waals surface area contributed by atoms with Crippen LogP contribution in [0.25, 0.3) is 0 Å². The number of aromatic hydroxyl groups is 1. The fraction of sp³-hybridized carbons (Fsp3) is 0.619. The molecule has 1 aromatic carbocycles. The second-order valence-corrected chi connectivity index (χ2v) is 8.21. The normalized spacial score (nSPS) is 41.5. The number of benzene rings is 1. The molecule has 0 saturated heterocycles. The molecule has 5 atom stereocenters. The Labute approximate surface area is 138 Å². The SMILES string of the molecule is C#CCC1(O)CC[C@@H]2[C@@H]3CCc4cc(O)ccc4[C@@H]3CC[C@@]21C. The van der Waals surface area contributed by atoms with Gasteiger partial charge in [0.05, 0.1) is 5.60 Å². The highest BCUT2D eigenvalue weighted by Crippen LogP contribution is 2.64. The van der Waals surface area contributed by atoms with Gasteiger partial charge in [-0.2, -0.15) is 0 Å². The molecule has 2 fully saturated rings. The first-order chi connectivity index (χ1) is 11.0. The lowest BCUT2D eigenvalue weighted by Crippen LogP contribution is -2.50. The van der Waals surface area contributed by atoms with Crippen molar-refractivity contribution in [1.29, 1.82) is 0 Å². The number of hydrogen-bond acceptors (Lipinski definition) is 2. The van der Waals surface area contributed by atoms with Crippen LogP contribution in [-0.4, -0.2) is 15.8 Å². The van der Waals surface area contributed by atoms with Gasteiger partial charge in [0.25, 0.3) is 0 Å². The van der Waals surface area contributed by atoms with E-state index in [9.17, 15) is 10.2 Å². The monoisotopic (exact) mass is 310 g/mol. The predicted octanol–water partition coefficient (Wildman–Crippen LogP) is 4.00. The fourth-order valence-electron chi connectivity index (χ4n) is 6.14. The highest BCUT2D eigenvalue weighted by atomic mass is 16.3. The average Bonchev–Trinajstić information content (AvgIpc) is 2.79. The smallest absolute Gasteiger partial charge is 0.115 e. The Hall–Kier alpha value is -1.46. The van der Waals surface area contributed by atoms with Gasteiger partial charge in [-0.25, -0.2) is 0 Å². The van der Waals surface area contributed by atoms with Crippen molar-refractivity contribution in [3.05, 3.63) is 29.3 Å². The van der Waals surface area contributed by atoms with E-state index in [1.54, 1.807) is 0 Å². The van der Waals surface area contributed by atoms with E-state index in [4.69, 9.17) is 6.42 Å². The van der Waals surface area contributed by atoms with Gasteiger partial charge >= 0.3 is 0 Å². The van der Waals surface area contributed by atoms with Crippen molar-refractivity contribution in [3.63, 3.8) is 0 Å².